The summed E-state index contributed by atoms with van der Waals surface area (Å²) >= 11 is 0. The zero-order valence-electron chi connectivity index (χ0n) is 17.0. The molecule has 0 heterocycles. The molecule has 2 aromatic carbocycles. The van der Waals surface area contributed by atoms with Gasteiger partial charge in [0.15, 0.2) is 23.0 Å². The Bertz CT molecular complexity index is 1020. The van der Waals surface area contributed by atoms with Gasteiger partial charge in [0.2, 0.25) is 0 Å². The molecular formula is C22H22O8. The monoisotopic (exact) mass is 414 g/mol. The Morgan fingerprint density at radius 1 is 0.867 bits per heavy atom. The minimum absolute atomic E-state index is 0.0757. The van der Waals surface area contributed by atoms with Gasteiger partial charge in [-0.2, -0.15) is 0 Å². The molecule has 8 heteroatoms. The fraction of sp³-hybridized carbons (Fsp3) is 0.273. The number of carbonyl (C=O) groups excluding carboxylic acids is 2. The van der Waals surface area contributed by atoms with Gasteiger partial charge in [0.05, 0.1) is 39.9 Å². The van der Waals surface area contributed by atoms with Gasteiger partial charge in [0.1, 0.15) is 0 Å². The second kappa shape index (κ2) is 8.36. The van der Waals surface area contributed by atoms with E-state index in [4.69, 9.17) is 18.9 Å². The predicted octanol–water partition coefficient (Wildman–Crippen LogP) is 2.61. The molecule has 0 spiro atoms. The van der Waals surface area contributed by atoms with Crippen LogP contribution in [0.4, 0.5) is 0 Å². The maximum absolute atomic E-state index is 12.8. The molecule has 0 fully saturated rings. The SMILES string of the molecule is COC(=O)C1=Cc2cc(OC)c(O)cc2[C@@H](c2ccc(O)c(OC)c2)[C@@H]1C(=O)OC. The smallest absolute Gasteiger partial charge is 0.334 e. The highest BCUT2D eigenvalue weighted by Gasteiger charge is 2.42. The quantitative estimate of drug-likeness (QED) is 0.718. The van der Waals surface area contributed by atoms with Crippen molar-refractivity contribution in [2.75, 3.05) is 28.4 Å². The van der Waals surface area contributed by atoms with E-state index in [1.165, 1.54) is 46.6 Å². The lowest BCUT2D eigenvalue weighted by atomic mass is 9.71. The number of ether oxygens (including phenoxy) is 4. The lowest BCUT2D eigenvalue weighted by Crippen LogP contribution is -2.32. The molecule has 0 saturated carbocycles. The average molecular weight is 414 g/mol. The molecule has 8 nitrogen and oxygen atoms in total. The molecule has 0 saturated heterocycles. The first-order valence-electron chi connectivity index (χ1n) is 9.01. The van der Waals surface area contributed by atoms with Crippen molar-refractivity contribution in [1.29, 1.82) is 0 Å². The van der Waals surface area contributed by atoms with Gasteiger partial charge in [-0.25, -0.2) is 4.79 Å². The molecule has 2 N–H and O–H groups in total. The zero-order chi connectivity index (χ0) is 22.0. The van der Waals surface area contributed by atoms with Gasteiger partial charge in [0, 0.05) is 5.92 Å². The fourth-order valence-corrected chi connectivity index (χ4v) is 3.73. The van der Waals surface area contributed by atoms with E-state index in [-0.39, 0.29) is 28.6 Å². The van der Waals surface area contributed by atoms with Crippen LogP contribution in [0.1, 0.15) is 22.6 Å². The van der Waals surface area contributed by atoms with E-state index in [1.807, 2.05) is 0 Å². The lowest BCUT2D eigenvalue weighted by molar-refractivity contribution is -0.147. The van der Waals surface area contributed by atoms with E-state index in [0.717, 1.165) is 0 Å². The van der Waals surface area contributed by atoms with Crippen LogP contribution < -0.4 is 9.47 Å². The van der Waals surface area contributed by atoms with Crippen LogP contribution in [-0.4, -0.2) is 50.6 Å². The van der Waals surface area contributed by atoms with Crippen molar-refractivity contribution >= 4 is 18.0 Å². The number of aromatic hydroxyl groups is 2. The summed E-state index contributed by atoms with van der Waals surface area (Å²) in [4.78, 5) is 25.3. The molecule has 1 aliphatic rings. The van der Waals surface area contributed by atoms with E-state index in [1.54, 1.807) is 18.2 Å². The highest BCUT2D eigenvalue weighted by Crippen LogP contribution is 2.47. The second-order valence-electron chi connectivity index (χ2n) is 6.65. The maximum Gasteiger partial charge on any atom is 0.334 e. The van der Waals surface area contributed by atoms with E-state index >= 15 is 0 Å². The number of phenolic OH excluding ortho intramolecular Hbond substituents is 2. The third kappa shape index (κ3) is 3.52. The van der Waals surface area contributed by atoms with Gasteiger partial charge in [-0.15, -0.1) is 0 Å². The van der Waals surface area contributed by atoms with Crippen LogP contribution >= 0.6 is 0 Å². The number of benzene rings is 2. The molecule has 158 valence electrons. The molecule has 0 bridgehead atoms. The molecule has 0 unspecified atom stereocenters. The Labute approximate surface area is 173 Å². The third-order valence-electron chi connectivity index (χ3n) is 5.14. The molecule has 0 radical (unpaired) electrons. The summed E-state index contributed by atoms with van der Waals surface area (Å²) in [7, 11) is 5.27. The van der Waals surface area contributed by atoms with Crippen LogP contribution in [0.3, 0.4) is 0 Å². The molecule has 2 aromatic rings. The zero-order valence-corrected chi connectivity index (χ0v) is 17.0. The number of hydrogen-bond acceptors (Lipinski definition) is 8. The van der Waals surface area contributed by atoms with Crippen LogP contribution in [0.2, 0.25) is 0 Å². The fourth-order valence-electron chi connectivity index (χ4n) is 3.73. The normalized spacial score (nSPS) is 17.4. The molecule has 3 rings (SSSR count). The average Bonchev–Trinajstić information content (AvgIpc) is 2.76. The minimum Gasteiger partial charge on any atom is -0.504 e. The van der Waals surface area contributed by atoms with Crippen molar-refractivity contribution in [1.82, 2.24) is 0 Å². The van der Waals surface area contributed by atoms with Gasteiger partial charge in [-0.05, 0) is 47.0 Å². The summed E-state index contributed by atoms with van der Waals surface area (Å²) in [6.07, 6.45) is 1.53. The summed E-state index contributed by atoms with van der Waals surface area (Å²) < 4.78 is 20.3. The Morgan fingerprint density at radius 3 is 2.13 bits per heavy atom. The summed E-state index contributed by atoms with van der Waals surface area (Å²) in [6, 6.07) is 7.68. The number of hydrogen-bond donors (Lipinski definition) is 2. The first-order chi connectivity index (χ1) is 14.4. The number of carbonyl (C=O) groups is 2. The number of esters is 2. The summed E-state index contributed by atoms with van der Waals surface area (Å²) in [5.41, 5.74) is 1.81. The van der Waals surface area contributed by atoms with Crippen LogP contribution in [0.25, 0.3) is 6.08 Å². The summed E-state index contributed by atoms with van der Waals surface area (Å²) in [5, 5.41) is 20.3. The number of methoxy groups -OCH3 is 4. The van der Waals surface area contributed by atoms with Crippen molar-refractivity contribution in [3.63, 3.8) is 0 Å². The van der Waals surface area contributed by atoms with Crippen molar-refractivity contribution in [2.45, 2.75) is 5.92 Å². The molecule has 30 heavy (non-hydrogen) atoms. The van der Waals surface area contributed by atoms with E-state index in [2.05, 4.69) is 0 Å². The first kappa shape index (κ1) is 21.0. The topological polar surface area (TPSA) is 112 Å². The highest BCUT2D eigenvalue weighted by molar-refractivity contribution is 6.02. The van der Waals surface area contributed by atoms with Gasteiger partial charge >= 0.3 is 11.9 Å². The maximum atomic E-state index is 12.8. The standard InChI is InChI=1S/C22H22O8/c1-27-17-8-11(5-6-15(17)23)19-13-10-16(24)18(28-2)9-12(13)7-14(21(25)29-3)20(19)22(26)30-4/h5-10,19-20,23-24H,1-4H3/t19-,20-/m1/s1. The molecule has 0 amide bonds. The molecular weight excluding hydrogens is 392 g/mol. The number of phenols is 2. The van der Waals surface area contributed by atoms with Gasteiger partial charge in [-0.3, -0.25) is 4.79 Å². The van der Waals surface area contributed by atoms with Crippen molar-refractivity contribution in [2.24, 2.45) is 5.92 Å². The first-order valence-corrected chi connectivity index (χ1v) is 9.01. The van der Waals surface area contributed by atoms with Crippen molar-refractivity contribution in [3.8, 4) is 23.0 Å². The van der Waals surface area contributed by atoms with Crippen LogP contribution in [-0.2, 0) is 19.1 Å². The Kier molecular flexibility index (Phi) is 5.86. The minimum atomic E-state index is -1.04. The molecule has 1 aliphatic carbocycles. The van der Waals surface area contributed by atoms with E-state index in [9.17, 15) is 19.8 Å². The largest absolute Gasteiger partial charge is 0.504 e. The van der Waals surface area contributed by atoms with Crippen LogP contribution in [0, 0.1) is 5.92 Å². The van der Waals surface area contributed by atoms with Gasteiger partial charge in [-0.1, -0.05) is 6.07 Å². The lowest BCUT2D eigenvalue weighted by Gasteiger charge is -2.32. The van der Waals surface area contributed by atoms with Crippen LogP contribution in [0.15, 0.2) is 35.9 Å². The van der Waals surface area contributed by atoms with Crippen LogP contribution in [0.5, 0.6) is 23.0 Å². The Balaban J connectivity index is 2.33. The molecule has 0 aromatic heterocycles. The molecule has 2 atom stereocenters. The molecule has 0 aliphatic heterocycles. The Hall–Kier alpha value is -3.68. The summed E-state index contributed by atoms with van der Waals surface area (Å²) in [5.74, 6) is -2.88. The predicted molar refractivity (Wildman–Crippen MR) is 107 cm³/mol. The summed E-state index contributed by atoms with van der Waals surface area (Å²) in [6.45, 7) is 0. The number of rotatable bonds is 5. The van der Waals surface area contributed by atoms with Crippen molar-refractivity contribution < 1.29 is 38.7 Å². The highest BCUT2D eigenvalue weighted by atomic mass is 16.5. The van der Waals surface area contributed by atoms with Gasteiger partial charge < -0.3 is 29.2 Å². The Morgan fingerprint density at radius 2 is 1.53 bits per heavy atom. The van der Waals surface area contributed by atoms with E-state index in [0.29, 0.717) is 16.7 Å². The van der Waals surface area contributed by atoms with Crippen molar-refractivity contribution in [3.05, 3.63) is 52.6 Å². The number of fused-ring (bicyclic) bond motifs is 1. The third-order valence-corrected chi connectivity index (χ3v) is 5.14. The second-order valence-corrected chi connectivity index (χ2v) is 6.65. The van der Waals surface area contributed by atoms with Gasteiger partial charge in [0.25, 0.3) is 0 Å². The van der Waals surface area contributed by atoms with E-state index < -0.39 is 23.8 Å².